The molecule has 0 atom stereocenters. The van der Waals surface area contributed by atoms with Crippen molar-refractivity contribution in [2.24, 2.45) is 11.7 Å². The van der Waals surface area contributed by atoms with E-state index >= 15 is 0 Å². The molecule has 20 heavy (non-hydrogen) atoms. The summed E-state index contributed by atoms with van der Waals surface area (Å²) in [6, 6.07) is 3.23. The molecule has 0 aliphatic carbocycles. The molecular weight excluding hydrogens is 313 g/mol. The number of benzene rings is 1. The van der Waals surface area contributed by atoms with Crippen LogP contribution in [0.25, 0.3) is 0 Å². The quantitative estimate of drug-likeness (QED) is 0.846. The van der Waals surface area contributed by atoms with Crippen LogP contribution in [-0.2, 0) is 11.0 Å². The number of carbonyl (C=O) groups is 1. The zero-order chi connectivity index (χ0) is 15.7. The maximum atomic E-state index is 12.8. The monoisotopic (exact) mass is 324 g/mol. The Labute approximate surface area is 124 Å². The van der Waals surface area contributed by atoms with Crippen molar-refractivity contribution < 1.29 is 18.0 Å². The molecule has 0 fully saturated rings. The van der Waals surface area contributed by atoms with Crippen molar-refractivity contribution in [2.75, 3.05) is 4.90 Å². The van der Waals surface area contributed by atoms with Crippen molar-refractivity contribution in [3.05, 3.63) is 28.8 Å². The predicted octanol–water partition coefficient (Wildman–Crippen LogP) is 3.59. The van der Waals surface area contributed by atoms with Crippen molar-refractivity contribution >= 4 is 40.5 Å². The first-order chi connectivity index (χ1) is 9.07. The lowest BCUT2D eigenvalue weighted by Crippen LogP contribution is -2.43. The first kappa shape index (κ1) is 16.7. The molecule has 0 unspecified atom stereocenters. The third kappa shape index (κ3) is 3.40. The Hall–Kier alpha value is -1.34. The van der Waals surface area contributed by atoms with Gasteiger partial charge in [-0.15, -0.1) is 0 Å². The summed E-state index contributed by atoms with van der Waals surface area (Å²) in [6.07, 6.45) is -4.63. The number of anilines is 1. The first-order valence-corrected chi connectivity index (χ1v) is 6.35. The number of hydrogen-bond acceptors (Lipinski definition) is 2. The Balaban J connectivity index is 3.44. The summed E-state index contributed by atoms with van der Waals surface area (Å²) in [6.45, 7) is 3.16. The smallest absolute Gasteiger partial charge is 0.376 e. The average molecular weight is 325 g/mol. The molecule has 1 aromatic carbocycles. The minimum Gasteiger partial charge on any atom is -0.376 e. The van der Waals surface area contributed by atoms with E-state index in [0.717, 1.165) is 17.0 Å². The van der Waals surface area contributed by atoms with E-state index in [9.17, 15) is 18.0 Å². The number of alkyl halides is 3. The van der Waals surface area contributed by atoms with Gasteiger partial charge in [0.2, 0.25) is 5.91 Å². The number of hydrogen-bond donors (Lipinski definition) is 1. The number of carbonyl (C=O) groups excluding carboxylic acids is 1. The Morgan fingerprint density at radius 1 is 1.40 bits per heavy atom. The standard InChI is InChI=1S/C12H12ClF3N2OS/c1-6(2)10(19)18(11(17)20)8-5-3-4-7(9(8)13)12(14,15)16/h3-6H,1-2H3,(H2,17,20). The van der Waals surface area contributed by atoms with Crippen molar-refractivity contribution in [1.29, 1.82) is 0 Å². The van der Waals surface area contributed by atoms with E-state index in [1.165, 1.54) is 6.07 Å². The van der Waals surface area contributed by atoms with Gasteiger partial charge in [0.1, 0.15) is 0 Å². The molecular formula is C12H12ClF3N2OS. The summed E-state index contributed by atoms with van der Waals surface area (Å²) in [5.41, 5.74) is 4.21. The van der Waals surface area contributed by atoms with Gasteiger partial charge in [-0.05, 0) is 24.4 Å². The fraction of sp³-hybridized carbons (Fsp3) is 0.333. The second kappa shape index (κ2) is 5.97. The largest absolute Gasteiger partial charge is 0.417 e. The number of nitrogens with zero attached hydrogens (tertiary/aromatic N) is 1. The number of nitrogens with two attached hydrogens (primary N) is 1. The Morgan fingerprint density at radius 2 is 1.95 bits per heavy atom. The normalized spacial score (nSPS) is 11.6. The number of rotatable bonds is 2. The molecule has 1 rings (SSSR count). The molecule has 0 saturated carbocycles. The van der Waals surface area contributed by atoms with Crippen LogP contribution in [-0.4, -0.2) is 11.0 Å². The van der Waals surface area contributed by atoms with Crippen LogP contribution >= 0.6 is 23.8 Å². The van der Waals surface area contributed by atoms with Gasteiger partial charge in [-0.1, -0.05) is 31.5 Å². The fourth-order valence-corrected chi connectivity index (χ4v) is 2.02. The Bertz CT molecular complexity index is 546. The van der Waals surface area contributed by atoms with Gasteiger partial charge in [-0.2, -0.15) is 13.2 Å². The van der Waals surface area contributed by atoms with E-state index in [2.05, 4.69) is 0 Å². The minimum atomic E-state index is -4.63. The number of thiocarbonyl (C=S) groups is 1. The molecule has 0 aliphatic heterocycles. The molecule has 2 N–H and O–H groups in total. The van der Waals surface area contributed by atoms with Crippen LogP contribution in [0, 0.1) is 5.92 Å². The molecule has 0 radical (unpaired) electrons. The molecule has 0 bridgehead atoms. The lowest BCUT2D eigenvalue weighted by molar-refractivity contribution is -0.137. The van der Waals surface area contributed by atoms with E-state index < -0.39 is 28.6 Å². The summed E-state index contributed by atoms with van der Waals surface area (Å²) in [5, 5.41) is -0.966. The van der Waals surface area contributed by atoms with Gasteiger partial charge < -0.3 is 5.73 Å². The molecule has 0 aliphatic rings. The van der Waals surface area contributed by atoms with Gasteiger partial charge in [0.15, 0.2) is 5.11 Å². The van der Waals surface area contributed by atoms with Gasteiger partial charge in [0.05, 0.1) is 16.3 Å². The zero-order valence-electron chi connectivity index (χ0n) is 10.7. The summed E-state index contributed by atoms with van der Waals surface area (Å²) in [5.74, 6) is -1.03. The second-order valence-corrected chi connectivity index (χ2v) is 5.10. The highest BCUT2D eigenvalue weighted by atomic mass is 35.5. The van der Waals surface area contributed by atoms with Crippen LogP contribution in [0.5, 0.6) is 0 Å². The Kier molecular flexibility index (Phi) is 4.99. The second-order valence-electron chi connectivity index (χ2n) is 4.30. The van der Waals surface area contributed by atoms with Crippen LogP contribution in [0.15, 0.2) is 18.2 Å². The lowest BCUT2D eigenvalue weighted by Gasteiger charge is -2.25. The first-order valence-electron chi connectivity index (χ1n) is 5.56. The van der Waals surface area contributed by atoms with E-state index in [1.54, 1.807) is 13.8 Å². The predicted molar refractivity (Wildman–Crippen MR) is 75.6 cm³/mol. The molecule has 3 nitrogen and oxygen atoms in total. The van der Waals surface area contributed by atoms with Gasteiger partial charge in [-0.25, -0.2) is 0 Å². The molecule has 1 amide bonds. The van der Waals surface area contributed by atoms with E-state index in [4.69, 9.17) is 29.6 Å². The highest BCUT2D eigenvalue weighted by Crippen LogP contribution is 2.39. The third-order valence-electron chi connectivity index (χ3n) is 2.46. The minimum absolute atomic E-state index is 0.173. The van der Waals surface area contributed by atoms with Crippen molar-refractivity contribution in [2.45, 2.75) is 20.0 Å². The topological polar surface area (TPSA) is 46.3 Å². The van der Waals surface area contributed by atoms with Gasteiger partial charge in [0, 0.05) is 5.92 Å². The molecule has 0 saturated heterocycles. The summed E-state index contributed by atoms with van der Waals surface area (Å²) in [7, 11) is 0. The molecule has 0 spiro atoms. The van der Waals surface area contributed by atoms with Crippen LogP contribution < -0.4 is 10.6 Å². The maximum absolute atomic E-state index is 12.8. The van der Waals surface area contributed by atoms with Gasteiger partial charge >= 0.3 is 6.18 Å². The van der Waals surface area contributed by atoms with Crippen molar-refractivity contribution in [3.63, 3.8) is 0 Å². The van der Waals surface area contributed by atoms with E-state index in [-0.39, 0.29) is 10.8 Å². The molecule has 110 valence electrons. The fourth-order valence-electron chi connectivity index (χ4n) is 1.52. The number of halogens is 4. The summed E-state index contributed by atoms with van der Waals surface area (Å²) in [4.78, 5) is 12.8. The average Bonchev–Trinajstić information content (AvgIpc) is 2.29. The van der Waals surface area contributed by atoms with Crippen LogP contribution in [0.4, 0.5) is 18.9 Å². The van der Waals surface area contributed by atoms with Crippen LogP contribution in [0.3, 0.4) is 0 Å². The van der Waals surface area contributed by atoms with Crippen molar-refractivity contribution in [3.8, 4) is 0 Å². The highest BCUT2D eigenvalue weighted by molar-refractivity contribution is 7.80. The van der Waals surface area contributed by atoms with E-state index in [0.29, 0.717) is 0 Å². The molecule has 8 heteroatoms. The molecule has 0 aromatic heterocycles. The maximum Gasteiger partial charge on any atom is 0.417 e. The van der Waals surface area contributed by atoms with Crippen molar-refractivity contribution in [1.82, 2.24) is 0 Å². The lowest BCUT2D eigenvalue weighted by atomic mass is 10.1. The van der Waals surface area contributed by atoms with Gasteiger partial charge in [0.25, 0.3) is 0 Å². The van der Waals surface area contributed by atoms with Gasteiger partial charge in [-0.3, -0.25) is 9.69 Å². The zero-order valence-corrected chi connectivity index (χ0v) is 12.2. The molecule has 0 heterocycles. The van der Waals surface area contributed by atoms with E-state index in [1.807, 2.05) is 0 Å². The highest BCUT2D eigenvalue weighted by Gasteiger charge is 2.35. The molecule has 1 aromatic rings. The third-order valence-corrected chi connectivity index (χ3v) is 3.04. The van der Waals surface area contributed by atoms with Crippen LogP contribution in [0.2, 0.25) is 5.02 Å². The summed E-state index contributed by atoms with van der Waals surface area (Å²) >= 11 is 10.5. The summed E-state index contributed by atoms with van der Waals surface area (Å²) < 4.78 is 38.4. The SMILES string of the molecule is CC(C)C(=O)N(C(N)=S)c1cccc(C(F)(F)F)c1Cl. The van der Waals surface area contributed by atoms with Crippen LogP contribution in [0.1, 0.15) is 19.4 Å². The Morgan fingerprint density at radius 3 is 2.35 bits per heavy atom. The number of amides is 1.